The van der Waals surface area contributed by atoms with Gasteiger partial charge in [-0.1, -0.05) is 52.0 Å². The summed E-state index contributed by atoms with van der Waals surface area (Å²) in [5.41, 5.74) is 1.87. The minimum atomic E-state index is 0.0263. The molecule has 0 spiro atoms. The lowest BCUT2D eigenvalue weighted by molar-refractivity contribution is -0.121. The Hall–Kier alpha value is -1.44. The van der Waals surface area contributed by atoms with Crippen molar-refractivity contribution in [3.8, 4) is 0 Å². The molecule has 0 heterocycles. The molecule has 0 aliphatic rings. The Balaban J connectivity index is 2.61. The molecule has 1 rings (SSSR count). The summed E-state index contributed by atoms with van der Waals surface area (Å²) in [6.45, 7) is 7.65. The van der Waals surface area contributed by atoms with Crippen LogP contribution < -0.4 is 0 Å². The molecule has 0 unspecified atom stereocenters. The van der Waals surface area contributed by atoms with Crippen molar-refractivity contribution >= 4 is 11.6 Å². The van der Waals surface area contributed by atoms with Gasteiger partial charge in [0.2, 0.25) is 0 Å². The smallest absolute Gasteiger partial charge is 0.165 e. The average Bonchev–Trinajstić information content (AvgIpc) is 2.35. The Morgan fingerprint density at radius 1 is 0.944 bits per heavy atom. The molecule has 0 N–H and O–H groups in total. The standard InChI is InChI=1S/C16H22O2/c1-11(2)15(17)10-7-13-5-8-14(9-6-13)16(18)12(3)4/h5-6,8-9,11-12H,7,10H2,1-4H3. The van der Waals surface area contributed by atoms with Gasteiger partial charge in [-0.05, 0) is 12.0 Å². The van der Waals surface area contributed by atoms with Crippen molar-refractivity contribution in [3.63, 3.8) is 0 Å². The van der Waals surface area contributed by atoms with Gasteiger partial charge in [0.25, 0.3) is 0 Å². The molecule has 0 saturated heterocycles. The number of benzene rings is 1. The van der Waals surface area contributed by atoms with Crippen molar-refractivity contribution in [1.29, 1.82) is 0 Å². The highest BCUT2D eigenvalue weighted by molar-refractivity contribution is 5.97. The fraction of sp³-hybridized carbons (Fsp3) is 0.500. The van der Waals surface area contributed by atoms with Crippen molar-refractivity contribution in [1.82, 2.24) is 0 Å². The molecular formula is C16H22O2. The largest absolute Gasteiger partial charge is 0.299 e. The molecule has 0 fully saturated rings. The number of hydrogen-bond acceptors (Lipinski definition) is 2. The molecule has 2 nitrogen and oxygen atoms in total. The summed E-state index contributed by atoms with van der Waals surface area (Å²) < 4.78 is 0. The van der Waals surface area contributed by atoms with E-state index in [9.17, 15) is 9.59 Å². The van der Waals surface area contributed by atoms with Crippen molar-refractivity contribution in [2.45, 2.75) is 40.5 Å². The molecule has 0 bridgehead atoms. The zero-order valence-electron chi connectivity index (χ0n) is 11.7. The fourth-order valence-corrected chi connectivity index (χ4v) is 1.73. The van der Waals surface area contributed by atoms with Gasteiger partial charge in [-0.2, -0.15) is 0 Å². The lowest BCUT2D eigenvalue weighted by Crippen LogP contribution is -2.09. The lowest BCUT2D eigenvalue weighted by Gasteiger charge is -2.06. The van der Waals surface area contributed by atoms with Crippen LogP contribution >= 0.6 is 0 Å². The quantitative estimate of drug-likeness (QED) is 0.717. The first kappa shape index (κ1) is 14.6. The minimum Gasteiger partial charge on any atom is -0.299 e. The molecule has 0 amide bonds. The summed E-state index contributed by atoms with van der Waals surface area (Å²) in [5, 5.41) is 0. The van der Waals surface area contributed by atoms with E-state index in [1.165, 1.54) is 0 Å². The normalized spacial score (nSPS) is 11.0. The Morgan fingerprint density at radius 2 is 1.50 bits per heavy atom. The second-order valence-electron chi connectivity index (χ2n) is 5.34. The fourth-order valence-electron chi connectivity index (χ4n) is 1.73. The van der Waals surface area contributed by atoms with E-state index < -0.39 is 0 Å². The molecule has 0 atom stereocenters. The maximum atomic E-state index is 11.8. The minimum absolute atomic E-state index is 0.0263. The maximum Gasteiger partial charge on any atom is 0.165 e. The third-order valence-corrected chi connectivity index (χ3v) is 3.07. The zero-order valence-corrected chi connectivity index (χ0v) is 11.7. The monoisotopic (exact) mass is 246 g/mol. The molecule has 1 aromatic carbocycles. The van der Waals surface area contributed by atoms with E-state index in [0.29, 0.717) is 6.42 Å². The predicted octanol–water partition coefficient (Wildman–Crippen LogP) is 3.68. The SMILES string of the molecule is CC(C)C(=O)CCc1ccc(C(=O)C(C)C)cc1. The Bertz CT molecular complexity index is 413. The van der Waals surface area contributed by atoms with E-state index in [0.717, 1.165) is 17.5 Å². The number of hydrogen-bond donors (Lipinski definition) is 0. The number of aryl methyl sites for hydroxylation is 1. The number of ketones is 2. The van der Waals surface area contributed by atoms with Gasteiger partial charge in [0.15, 0.2) is 5.78 Å². The van der Waals surface area contributed by atoms with Crippen molar-refractivity contribution in [2.24, 2.45) is 11.8 Å². The molecular weight excluding hydrogens is 224 g/mol. The van der Waals surface area contributed by atoms with Gasteiger partial charge in [0.1, 0.15) is 5.78 Å². The van der Waals surface area contributed by atoms with Crippen LogP contribution in [-0.2, 0) is 11.2 Å². The van der Waals surface area contributed by atoms with Gasteiger partial charge in [-0.25, -0.2) is 0 Å². The van der Waals surface area contributed by atoms with Crippen LogP contribution in [-0.4, -0.2) is 11.6 Å². The van der Waals surface area contributed by atoms with Gasteiger partial charge >= 0.3 is 0 Å². The molecule has 2 heteroatoms. The Morgan fingerprint density at radius 3 is 1.94 bits per heavy atom. The third-order valence-electron chi connectivity index (χ3n) is 3.07. The van der Waals surface area contributed by atoms with Crippen LogP contribution in [0.4, 0.5) is 0 Å². The van der Waals surface area contributed by atoms with E-state index in [1.54, 1.807) is 0 Å². The van der Waals surface area contributed by atoms with E-state index in [2.05, 4.69) is 0 Å². The molecule has 0 aliphatic heterocycles. The number of rotatable bonds is 6. The molecule has 0 radical (unpaired) electrons. The topological polar surface area (TPSA) is 34.1 Å². The van der Waals surface area contributed by atoms with Crippen molar-refractivity contribution in [2.75, 3.05) is 0 Å². The molecule has 98 valence electrons. The van der Waals surface area contributed by atoms with Crippen molar-refractivity contribution < 1.29 is 9.59 Å². The van der Waals surface area contributed by atoms with Crippen LogP contribution in [0.15, 0.2) is 24.3 Å². The molecule has 0 aliphatic carbocycles. The van der Waals surface area contributed by atoms with Crippen LogP contribution in [0.1, 0.15) is 50.0 Å². The molecule has 0 saturated carbocycles. The summed E-state index contributed by atoms with van der Waals surface area (Å²) in [6, 6.07) is 7.61. The van der Waals surface area contributed by atoms with Crippen LogP contribution in [0.25, 0.3) is 0 Å². The highest BCUT2D eigenvalue weighted by Crippen LogP contribution is 2.12. The van der Waals surface area contributed by atoms with Crippen molar-refractivity contribution in [3.05, 3.63) is 35.4 Å². The van der Waals surface area contributed by atoms with Crippen LogP contribution in [0.3, 0.4) is 0 Å². The Labute approximate surface area is 109 Å². The third kappa shape index (κ3) is 4.10. The van der Waals surface area contributed by atoms with Gasteiger partial charge in [0, 0.05) is 23.8 Å². The summed E-state index contributed by atoms with van der Waals surface area (Å²) in [6.07, 6.45) is 1.34. The Kier molecular flexibility index (Phi) is 5.26. The molecule has 18 heavy (non-hydrogen) atoms. The van der Waals surface area contributed by atoms with Gasteiger partial charge in [0.05, 0.1) is 0 Å². The highest BCUT2D eigenvalue weighted by Gasteiger charge is 2.10. The maximum absolute atomic E-state index is 11.8. The first-order chi connectivity index (χ1) is 8.41. The van der Waals surface area contributed by atoms with E-state index in [4.69, 9.17) is 0 Å². The molecule has 1 aromatic rings. The van der Waals surface area contributed by atoms with Crippen LogP contribution in [0.2, 0.25) is 0 Å². The van der Waals surface area contributed by atoms with Gasteiger partial charge < -0.3 is 0 Å². The number of carbonyl (C=O) groups excluding carboxylic acids is 2. The van der Waals surface area contributed by atoms with Crippen LogP contribution in [0, 0.1) is 11.8 Å². The number of carbonyl (C=O) groups is 2. The van der Waals surface area contributed by atoms with Gasteiger partial charge in [-0.3, -0.25) is 9.59 Å². The lowest BCUT2D eigenvalue weighted by atomic mass is 9.97. The highest BCUT2D eigenvalue weighted by atomic mass is 16.1. The summed E-state index contributed by atoms with van der Waals surface area (Å²) in [7, 11) is 0. The first-order valence-corrected chi connectivity index (χ1v) is 6.57. The molecule has 0 aromatic heterocycles. The van der Waals surface area contributed by atoms with Crippen LogP contribution in [0.5, 0.6) is 0 Å². The summed E-state index contributed by atoms with van der Waals surface area (Å²) in [4.78, 5) is 23.3. The summed E-state index contributed by atoms with van der Waals surface area (Å²) in [5.74, 6) is 0.585. The summed E-state index contributed by atoms with van der Waals surface area (Å²) >= 11 is 0. The number of Topliss-reactive ketones (excluding diaryl/α,β-unsaturated/α-hetero) is 2. The van der Waals surface area contributed by atoms with E-state index in [1.807, 2.05) is 52.0 Å². The average molecular weight is 246 g/mol. The first-order valence-electron chi connectivity index (χ1n) is 6.57. The second-order valence-corrected chi connectivity index (χ2v) is 5.34. The predicted molar refractivity (Wildman–Crippen MR) is 73.8 cm³/mol. The second kappa shape index (κ2) is 6.48. The zero-order chi connectivity index (χ0) is 13.7. The van der Waals surface area contributed by atoms with E-state index in [-0.39, 0.29) is 23.4 Å². The van der Waals surface area contributed by atoms with E-state index >= 15 is 0 Å². The van der Waals surface area contributed by atoms with Gasteiger partial charge in [-0.15, -0.1) is 0 Å².